The number of allylic oxidation sites excluding steroid dienone is 1. The van der Waals surface area contributed by atoms with Crippen LogP contribution in [0.15, 0.2) is 12.2 Å². The molecule has 1 heterocycles. The van der Waals surface area contributed by atoms with E-state index >= 15 is 0 Å². The molecule has 2 atom stereocenters. The zero-order valence-corrected chi connectivity index (χ0v) is 12.2. The smallest absolute Gasteiger partial charge is 0.285 e. The Labute approximate surface area is 114 Å². The number of amides is 1. The van der Waals surface area contributed by atoms with Gasteiger partial charge in [0.05, 0.1) is 7.05 Å². The van der Waals surface area contributed by atoms with Gasteiger partial charge in [0, 0.05) is 6.42 Å². The fraction of sp³-hybridized carbons (Fsp3) is 0.769. The third kappa shape index (κ3) is 2.75. The summed E-state index contributed by atoms with van der Waals surface area (Å²) in [5, 5.41) is 0. The molecule has 108 valence electrons. The van der Waals surface area contributed by atoms with Gasteiger partial charge in [0.25, 0.3) is 10.1 Å². The van der Waals surface area contributed by atoms with Crippen molar-refractivity contribution in [2.75, 3.05) is 19.3 Å². The predicted octanol–water partition coefficient (Wildman–Crippen LogP) is 1.51. The Morgan fingerprint density at radius 3 is 2.68 bits per heavy atom. The van der Waals surface area contributed by atoms with Crippen LogP contribution in [0.5, 0.6) is 0 Å². The lowest BCUT2D eigenvalue weighted by molar-refractivity contribution is -0.766. The van der Waals surface area contributed by atoms with Gasteiger partial charge in [-0.2, -0.15) is 8.42 Å². The van der Waals surface area contributed by atoms with Crippen LogP contribution in [0.3, 0.4) is 0 Å². The topological polar surface area (TPSA) is 71.4 Å². The Kier molecular flexibility index (Phi) is 3.86. The van der Waals surface area contributed by atoms with Crippen molar-refractivity contribution in [3.8, 4) is 0 Å². The summed E-state index contributed by atoms with van der Waals surface area (Å²) in [7, 11) is -2.24. The summed E-state index contributed by atoms with van der Waals surface area (Å²) in [5.41, 5.74) is -0.533. The molecule has 1 aliphatic heterocycles. The second-order valence-electron chi connectivity index (χ2n) is 5.79. The predicted molar refractivity (Wildman–Crippen MR) is 72.0 cm³/mol. The zero-order valence-electron chi connectivity index (χ0n) is 11.3. The largest absolute Gasteiger partial charge is 0.380 e. The van der Waals surface area contributed by atoms with Crippen LogP contribution in [0, 0.1) is 0 Å². The third-order valence-corrected chi connectivity index (χ3v) is 5.22. The number of carbonyl (C=O) groups is 1. The summed E-state index contributed by atoms with van der Waals surface area (Å²) in [4.78, 5) is 12.3. The standard InChI is InChI=1S/C13H21NO4S/c1-14(10-11-19(16,17)18)12(15)13(14)8-6-4-2-3-5-7-9-13/h6,8H,2-5,7,9-11H2,1H3/p+1/b8-6-. The molecule has 0 saturated carbocycles. The first-order valence-electron chi connectivity index (χ1n) is 6.85. The molecule has 19 heavy (non-hydrogen) atoms. The lowest BCUT2D eigenvalue weighted by Crippen LogP contribution is -2.35. The molecule has 1 saturated heterocycles. The molecule has 2 aliphatic rings. The van der Waals surface area contributed by atoms with Gasteiger partial charge in [0.2, 0.25) is 5.54 Å². The Balaban J connectivity index is 2.14. The molecule has 0 aromatic rings. The van der Waals surface area contributed by atoms with Gasteiger partial charge in [-0.25, -0.2) is 9.28 Å². The van der Waals surface area contributed by atoms with E-state index in [9.17, 15) is 13.2 Å². The first kappa shape index (κ1) is 14.7. The van der Waals surface area contributed by atoms with E-state index in [2.05, 4.69) is 6.08 Å². The monoisotopic (exact) mass is 288 g/mol. The summed E-state index contributed by atoms with van der Waals surface area (Å²) in [6.07, 6.45) is 10.2. The number of quaternary nitrogens is 1. The van der Waals surface area contributed by atoms with Crippen LogP contribution in [0.4, 0.5) is 0 Å². The molecule has 5 nitrogen and oxygen atoms in total. The van der Waals surface area contributed by atoms with E-state index in [1.54, 1.807) is 7.05 Å². The van der Waals surface area contributed by atoms with Crippen LogP contribution in [0.25, 0.3) is 0 Å². The number of hydrogen-bond acceptors (Lipinski definition) is 3. The number of nitrogens with zero attached hydrogens (tertiary/aromatic N) is 1. The van der Waals surface area contributed by atoms with E-state index in [1.165, 1.54) is 6.42 Å². The first-order chi connectivity index (χ1) is 8.82. The minimum Gasteiger partial charge on any atom is -0.285 e. The van der Waals surface area contributed by atoms with Crippen molar-refractivity contribution in [2.24, 2.45) is 0 Å². The van der Waals surface area contributed by atoms with Crippen molar-refractivity contribution in [3.63, 3.8) is 0 Å². The molecule has 1 aliphatic carbocycles. The highest BCUT2D eigenvalue weighted by atomic mass is 32.2. The van der Waals surface area contributed by atoms with Gasteiger partial charge in [0.1, 0.15) is 12.3 Å². The summed E-state index contributed by atoms with van der Waals surface area (Å²) < 4.78 is 30.7. The maximum absolute atomic E-state index is 12.3. The highest BCUT2D eigenvalue weighted by Crippen LogP contribution is 2.48. The van der Waals surface area contributed by atoms with Crippen LogP contribution >= 0.6 is 0 Å². The minimum absolute atomic E-state index is 0.0781. The Bertz CT molecular complexity index is 499. The molecule has 1 amide bonds. The van der Waals surface area contributed by atoms with Crippen molar-refractivity contribution < 1.29 is 22.2 Å². The average Bonchev–Trinajstić information content (AvgIpc) is 2.76. The Hall–Kier alpha value is -0.720. The summed E-state index contributed by atoms with van der Waals surface area (Å²) >= 11 is 0. The van der Waals surface area contributed by atoms with E-state index in [-0.39, 0.29) is 22.7 Å². The van der Waals surface area contributed by atoms with Crippen LogP contribution in [-0.2, 0) is 14.9 Å². The lowest BCUT2D eigenvalue weighted by Gasteiger charge is -2.16. The third-order valence-electron chi connectivity index (χ3n) is 4.52. The molecule has 1 N–H and O–H groups in total. The molecule has 1 fully saturated rings. The number of carbonyl (C=O) groups excluding carboxylic acids is 1. The zero-order chi connectivity index (χ0) is 14.1. The lowest BCUT2D eigenvalue weighted by atomic mass is 10.0. The van der Waals surface area contributed by atoms with Crippen molar-refractivity contribution in [3.05, 3.63) is 12.2 Å². The van der Waals surface area contributed by atoms with Gasteiger partial charge in [0.15, 0.2) is 0 Å². The second-order valence-corrected chi connectivity index (χ2v) is 7.36. The van der Waals surface area contributed by atoms with Crippen LogP contribution in [0.1, 0.15) is 38.5 Å². The summed E-state index contributed by atoms with van der Waals surface area (Å²) in [5.74, 6) is -0.278. The van der Waals surface area contributed by atoms with Crippen molar-refractivity contribution >= 4 is 16.0 Å². The van der Waals surface area contributed by atoms with Crippen LogP contribution in [-0.4, -0.2) is 48.2 Å². The highest BCUT2D eigenvalue weighted by molar-refractivity contribution is 7.85. The van der Waals surface area contributed by atoms with Gasteiger partial charge in [-0.05, 0) is 25.3 Å². The first-order valence-corrected chi connectivity index (χ1v) is 8.46. The number of hydrogen-bond donors (Lipinski definition) is 1. The Morgan fingerprint density at radius 1 is 1.32 bits per heavy atom. The molecule has 0 aromatic carbocycles. The second kappa shape index (κ2) is 5.00. The van der Waals surface area contributed by atoms with Gasteiger partial charge >= 0.3 is 5.91 Å². The molecule has 0 radical (unpaired) electrons. The SMILES string of the molecule is C[N+]1(CCS(=O)(=O)O)C(=O)C12/C=C\CCCCCC2. The molecule has 0 bridgehead atoms. The average molecular weight is 288 g/mol. The van der Waals surface area contributed by atoms with Gasteiger partial charge in [-0.3, -0.25) is 4.55 Å². The molecule has 6 heteroatoms. The molecular formula is C13H22NO4S+. The molecule has 2 unspecified atom stereocenters. The minimum atomic E-state index is -4.01. The maximum atomic E-state index is 12.3. The fourth-order valence-electron chi connectivity index (χ4n) is 3.12. The van der Waals surface area contributed by atoms with Crippen LogP contribution < -0.4 is 0 Å². The quantitative estimate of drug-likeness (QED) is 0.370. The Morgan fingerprint density at radius 2 is 2.00 bits per heavy atom. The van der Waals surface area contributed by atoms with Gasteiger partial charge < -0.3 is 0 Å². The van der Waals surface area contributed by atoms with Gasteiger partial charge in [-0.1, -0.05) is 18.9 Å². The number of rotatable bonds is 3. The van der Waals surface area contributed by atoms with Gasteiger partial charge in [-0.15, -0.1) is 0 Å². The van der Waals surface area contributed by atoms with Crippen LogP contribution in [0.2, 0.25) is 0 Å². The van der Waals surface area contributed by atoms with Crippen molar-refractivity contribution in [1.29, 1.82) is 0 Å². The molecule has 0 aromatic heterocycles. The summed E-state index contributed by atoms with van der Waals surface area (Å²) in [6.45, 7) is 0.155. The van der Waals surface area contributed by atoms with E-state index < -0.39 is 15.7 Å². The van der Waals surface area contributed by atoms with Crippen molar-refractivity contribution in [1.82, 2.24) is 0 Å². The normalized spacial score (nSPS) is 37.5. The van der Waals surface area contributed by atoms with E-state index in [1.807, 2.05) is 6.08 Å². The maximum Gasteiger partial charge on any atom is 0.380 e. The highest BCUT2D eigenvalue weighted by Gasteiger charge is 2.76. The molecular weight excluding hydrogens is 266 g/mol. The summed E-state index contributed by atoms with van der Waals surface area (Å²) in [6, 6.07) is 0. The van der Waals surface area contributed by atoms with E-state index in [0.29, 0.717) is 0 Å². The molecule has 1 spiro atoms. The molecule has 2 rings (SSSR count). The fourth-order valence-corrected chi connectivity index (χ4v) is 3.72. The van der Waals surface area contributed by atoms with E-state index in [4.69, 9.17) is 4.55 Å². The van der Waals surface area contributed by atoms with Crippen molar-refractivity contribution in [2.45, 2.75) is 44.1 Å². The van der Waals surface area contributed by atoms with E-state index in [0.717, 1.165) is 32.1 Å². The number of likely N-dealkylation sites (N-methyl/N-ethyl adjacent to an activating group) is 1.